The van der Waals surface area contributed by atoms with Crippen LogP contribution >= 0.6 is 0 Å². The highest BCUT2D eigenvalue weighted by molar-refractivity contribution is 5.67. The molecular formula is C17H19N3. The molecule has 0 spiro atoms. The molecule has 0 heterocycles. The number of para-hydroxylation sites is 2. The predicted molar refractivity (Wildman–Crippen MR) is 83.4 cm³/mol. The summed E-state index contributed by atoms with van der Waals surface area (Å²) in [5.74, 6) is 0. The Morgan fingerprint density at radius 2 is 1.80 bits per heavy atom. The Bertz CT molecular complexity index is 596. The van der Waals surface area contributed by atoms with Crippen LogP contribution in [0.2, 0.25) is 0 Å². The molecule has 0 aliphatic heterocycles. The van der Waals surface area contributed by atoms with Gasteiger partial charge in [-0.05, 0) is 36.2 Å². The number of nitrogens with two attached hydrogens (primary N) is 1. The highest BCUT2D eigenvalue weighted by atomic mass is 15.1. The SMILES string of the molecule is CCCN(Cc1ccc(C#N)cc1)c1ccccc1N. The molecule has 2 aromatic carbocycles. The number of hydrogen-bond donors (Lipinski definition) is 1. The fourth-order valence-corrected chi connectivity index (χ4v) is 2.24. The lowest BCUT2D eigenvalue weighted by molar-refractivity contribution is 0.768. The first-order valence-corrected chi connectivity index (χ1v) is 6.83. The van der Waals surface area contributed by atoms with E-state index in [0.717, 1.165) is 30.9 Å². The molecule has 2 rings (SSSR count). The van der Waals surface area contributed by atoms with Crippen LogP contribution in [0.5, 0.6) is 0 Å². The van der Waals surface area contributed by atoms with Gasteiger partial charge in [0, 0.05) is 13.1 Å². The fraction of sp³-hybridized carbons (Fsp3) is 0.235. The van der Waals surface area contributed by atoms with Crippen LogP contribution < -0.4 is 10.6 Å². The molecule has 102 valence electrons. The summed E-state index contributed by atoms with van der Waals surface area (Å²) in [5.41, 5.74) is 9.81. The molecule has 0 fully saturated rings. The van der Waals surface area contributed by atoms with Crippen LogP contribution in [0.25, 0.3) is 0 Å². The maximum Gasteiger partial charge on any atom is 0.0991 e. The second-order valence-corrected chi connectivity index (χ2v) is 4.79. The van der Waals surface area contributed by atoms with Crippen LogP contribution in [0, 0.1) is 11.3 Å². The Morgan fingerprint density at radius 1 is 1.10 bits per heavy atom. The van der Waals surface area contributed by atoms with Gasteiger partial charge in [0.15, 0.2) is 0 Å². The second kappa shape index (κ2) is 6.63. The number of anilines is 2. The van der Waals surface area contributed by atoms with Gasteiger partial charge in [-0.15, -0.1) is 0 Å². The summed E-state index contributed by atoms with van der Waals surface area (Å²) in [6, 6.07) is 17.8. The number of nitrogens with zero attached hydrogens (tertiary/aromatic N) is 2. The smallest absolute Gasteiger partial charge is 0.0991 e. The van der Waals surface area contributed by atoms with E-state index >= 15 is 0 Å². The number of benzene rings is 2. The van der Waals surface area contributed by atoms with Crippen LogP contribution in [0.15, 0.2) is 48.5 Å². The first-order valence-electron chi connectivity index (χ1n) is 6.83. The Balaban J connectivity index is 2.21. The quantitative estimate of drug-likeness (QED) is 0.841. The van der Waals surface area contributed by atoms with E-state index in [1.54, 1.807) is 0 Å². The van der Waals surface area contributed by atoms with Crippen molar-refractivity contribution in [3.63, 3.8) is 0 Å². The van der Waals surface area contributed by atoms with E-state index in [9.17, 15) is 0 Å². The van der Waals surface area contributed by atoms with Crippen LogP contribution in [0.3, 0.4) is 0 Å². The van der Waals surface area contributed by atoms with Crippen molar-refractivity contribution in [3.05, 3.63) is 59.7 Å². The maximum absolute atomic E-state index is 8.83. The van der Waals surface area contributed by atoms with Crippen LogP contribution in [-0.2, 0) is 6.54 Å². The van der Waals surface area contributed by atoms with Gasteiger partial charge in [-0.25, -0.2) is 0 Å². The Hall–Kier alpha value is -2.47. The maximum atomic E-state index is 8.83. The third kappa shape index (κ3) is 3.30. The van der Waals surface area contributed by atoms with E-state index in [4.69, 9.17) is 11.0 Å². The molecule has 0 aliphatic carbocycles. The first-order chi connectivity index (χ1) is 9.74. The Kier molecular flexibility index (Phi) is 4.62. The van der Waals surface area contributed by atoms with Crippen molar-refractivity contribution >= 4 is 11.4 Å². The summed E-state index contributed by atoms with van der Waals surface area (Å²) in [6.07, 6.45) is 1.06. The summed E-state index contributed by atoms with van der Waals surface area (Å²) in [7, 11) is 0. The molecule has 0 saturated carbocycles. The molecule has 3 nitrogen and oxygen atoms in total. The van der Waals surface area contributed by atoms with Gasteiger partial charge in [0.1, 0.15) is 0 Å². The zero-order chi connectivity index (χ0) is 14.4. The molecule has 20 heavy (non-hydrogen) atoms. The van der Waals surface area contributed by atoms with Crippen LogP contribution in [0.1, 0.15) is 24.5 Å². The number of nitriles is 1. The topological polar surface area (TPSA) is 53.0 Å². The molecule has 0 radical (unpaired) electrons. The average Bonchev–Trinajstić information content (AvgIpc) is 2.48. The van der Waals surface area contributed by atoms with Crippen molar-refractivity contribution in [2.24, 2.45) is 0 Å². The van der Waals surface area contributed by atoms with Crippen molar-refractivity contribution in [1.29, 1.82) is 5.26 Å². The van der Waals surface area contributed by atoms with Crippen molar-refractivity contribution < 1.29 is 0 Å². The monoisotopic (exact) mass is 265 g/mol. The summed E-state index contributed by atoms with van der Waals surface area (Å²) in [5, 5.41) is 8.83. The molecule has 0 unspecified atom stereocenters. The average molecular weight is 265 g/mol. The number of rotatable bonds is 5. The Labute approximate surface area is 120 Å². The van der Waals surface area contributed by atoms with Gasteiger partial charge in [-0.2, -0.15) is 5.26 Å². The zero-order valence-electron chi connectivity index (χ0n) is 11.7. The van der Waals surface area contributed by atoms with E-state index < -0.39 is 0 Å². The number of hydrogen-bond acceptors (Lipinski definition) is 3. The minimum atomic E-state index is 0.690. The molecule has 2 aromatic rings. The number of nitrogen functional groups attached to an aromatic ring is 1. The molecule has 0 aliphatic rings. The normalized spacial score (nSPS) is 10.0. The minimum Gasteiger partial charge on any atom is -0.397 e. The van der Waals surface area contributed by atoms with Crippen molar-refractivity contribution in [2.75, 3.05) is 17.2 Å². The van der Waals surface area contributed by atoms with E-state index in [1.165, 1.54) is 5.56 Å². The van der Waals surface area contributed by atoms with Crippen LogP contribution in [0.4, 0.5) is 11.4 Å². The molecule has 0 aromatic heterocycles. The van der Waals surface area contributed by atoms with Gasteiger partial charge in [0.2, 0.25) is 0 Å². The molecule has 0 saturated heterocycles. The first kappa shape index (κ1) is 14.0. The van der Waals surface area contributed by atoms with E-state index in [2.05, 4.69) is 24.0 Å². The summed E-state index contributed by atoms with van der Waals surface area (Å²) >= 11 is 0. The molecular weight excluding hydrogens is 246 g/mol. The van der Waals surface area contributed by atoms with Gasteiger partial charge in [-0.3, -0.25) is 0 Å². The summed E-state index contributed by atoms with van der Waals surface area (Å²) in [4.78, 5) is 2.27. The summed E-state index contributed by atoms with van der Waals surface area (Å²) < 4.78 is 0. The van der Waals surface area contributed by atoms with E-state index in [0.29, 0.717) is 5.56 Å². The largest absolute Gasteiger partial charge is 0.397 e. The van der Waals surface area contributed by atoms with Gasteiger partial charge in [0.05, 0.1) is 23.0 Å². The van der Waals surface area contributed by atoms with Gasteiger partial charge < -0.3 is 10.6 Å². The third-order valence-corrected chi connectivity index (χ3v) is 3.23. The van der Waals surface area contributed by atoms with Gasteiger partial charge >= 0.3 is 0 Å². The highest BCUT2D eigenvalue weighted by Crippen LogP contribution is 2.24. The molecule has 0 amide bonds. The zero-order valence-corrected chi connectivity index (χ0v) is 11.7. The molecule has 0 atom stereocenters. The molecule has 0 bridgehead atoms. The van der Waals surface area contributed by atoms with E-state index in [-0.39, 0.29) is 0 Å². The van der Waals surface area contributed by atoms with Gasteiger partial charge in [-0.1, -0.05) is 31.2 Å². The summed E-state index contributed by atoms with van der Waals surface area (Å²) in [6.45, 7) is 3.91. The third-order valence-electron chi connectivity index (χ3n) is 3.23. The predicted octanol–water partition coefficient (Wildman–Crippen LogP) is 3.56. The van der Waals surface area contributed by atoms with Crippen molar-refractivity contribution in [2.45, 2.75) is 19.9 Å². The lowest BCUT2D eigenvalue weighted by Gasteiger charge is -2.25. The van der Waals surface area contributed by atoms with Crippen LogP contribution in [-0.4, -0.2) is 6.54 Å². The molecule has 2 N–H and O–H groups in total. The van der Waals surface area contributed by atoms with Crippen molar-refractivity contribution in [1.82, 2.24) is 0 Å². The van der Waals surface area contributed by atoms with Crippen molar-refractivity contribution in [3.8, 4) is 6.07 Å². The Morgan fingerprint density at radius 3 is 2.40 bits per heavy atom. The van der Waals surface area contributed by atoms with E-state index in [1.807, 2.05) is 42.5 Å². The standard InChI is InChI=1S/C17H19N3/c1-2-11-20(17-6-4-3-5-16(17)19)13-15-9-7-14(12-18)8-10-15/h3-10H,2,11,13,19H2,1H3. The lowest BCUT2D eigenvalue weighted by Crippen LogP contribution is -2.24. The minimum absolute atomic E-state index is 0.690. The highest BCUT2D eigenvalue weighted by Gasteiger charge is 2.09. The second-order valence-electron chi connectivity index (χ2n) is 4.79. The fourth-order valence-electron chi connectivity index (χ4n) is 2.24. The molecule has 3 heteroatoms. The lowest BCUT2D eigenvalue weighted by atomic mass is 10.1. The van der Waals surface area contributed by atoms with Gasteiger partial charge in [0.25, 0.3) is 0 Å².